The van der Waals surface area contributed by atoms with Crippen molar-refractivity contribution >= 4 is 22.2 Å². The van der Waals surface area contributed by atoms with Crippen LogP contribution in [0.25, 0.3) is 10.4 Å². The molecule has 2 heterocycles. The molecule has 2 aromatic heterocycles. The number of carbonyl (C=O) groups excluding carboxylic acids is 1. The largest absolute Gasteiger partial charge is 0.317 e. The number of aromatic nitrogens is 1. The van der Waals surface area contributed by atoms with E-state index in [9.17, 15) is 10.1 Å². The molecular formula is C14H13N3OS. The van der Waals surface area contributed by atoms with Gasteiger partial charge in [-0.3, -0.25) is 9.78 Å². The van der Waals surface area contributed by atoms with Gasteiger partial charge < -0.3 is 5.32 Å². The number of thiophene rings is 1. The number of hydrogen-bond donors (Lipinski definition) is 1. The smallest absolute Gasteiger partial charge is 0.224 e. The summed E-state index contributed by atoms with van der Waals surface area (Å²) < 4.78 is 0. The highest BCUT2D eigenvalue weighted by atomic mass is 32.1. The number of pyridine rings is 1. The highest BCUT2D eigenvalue weighted by molar-refractivity contribution is 7.20. The van der Waals surface area contributed by atoms with E-state index in [1.807, 2.05) is 19.1 Å². The summed E-state index contributed by atoms with van der Waals surface area (Å²) in [4.78, 5) is 16.5. The fraction of sp³-hybridized carbons (Fsp3) is 0.214. The number of amides is 1. The standard InChI is InChI=1S/C14H13N3OS/c1-3-12(18)17-14-11(8-15)9(2)13(19-14)10-4-6-16-7-5-10/h4-7H,3H2,1-2H3,(H,17,18). The Morgan fingerprint density at radius 2 is 2.16 bits per heavy atom. The SMILES string of the molecule is CCC(=O)Nc1sc(-c2ccncc2)c(C)c1C#N. The van der Waals surface area contributed by atoms with E-state index in [1.165, 1.54) is 11.3 Å². The Kier molecular flexibility index (Phi) is 3.93. The Balaban J connectivity index is 2.48. The summed E-state index contributed by atoms with van der Waals surface area (Å²) in [6, 6.07) is 5.95. The Morgan fingerprint density at radius 1 is 1.47 bits per heavy atom. The number of nitriles is 1. The van der Waals surface area contributed by atoms with Crippen LogP contribution < -0.4 is 5.32 Å². The summed E-state index contributed by atoms with van der Waals surface area (Å²) in [5.74, 6) is -0.0842. The lowest BCUT2D eigenvalue weighted by Crippen LogP contribution is -2.09. The maximum absolute atomic E-state index is 11.5. The molecule has 4 nitrogen and oxygen atoms in total. The minimum Gasteiger partial charge on any atom is -0.317 e. The van der Waals surface area contributed by atoms with Crippen molar-refractivity contribution < 1.29 is 4.79 Å². The zero-order valence-corrected chi connectivity index (χ0v) is 11.5. The lowest BCUT2D eigenvalue weighted by Gasteiger charge is -1.99. The molecular weight excluding hydrogens is 258 g/mol. The molecule has 0 aromatic carbocycles. The number of anilines is 1. The van der Waals surface area contributed by atoms with Crippen LogP contribution >= 0.6 is 11.3 Å². The molecule has 0 bridgehead atoms. The molecule has 2 rings (SSSR count). The molecule has 1 N–H and O–H groups in total. The normalized spacial score (nSPS) is 9.95. The van der Waals surface area contributed by atoms with Crippen molar-refractivity contribution in [3.63, 3.8) is 0 Å². The van der Waals surface area contributed by atoms with Crippen molar-refractivity contribution in [3.8, 4) is 16.5 Å². The fourth-order valence-corrected chi connectivity index (χ4v) is 2.91. The molecule has 0 aliphatic carbocycles. The van der Waals surface area contributed by atoms with Gasteiger partial charge in [0.05, 0.1) is 5.56 Å². The summed E-state index contributed by atoms with van der Waals surface area (Å²) in [5.41, 5.74) is 2.44. The van der Waals surface area contributed by atoms with Crippen molar-refractivity contribution in [2.45, 2.75) is 20.3 Å². The maximum Gasteiger partial charge on any atom is 0.224 e. The first-order valence-corrected chi connectivity index (χ1v) is 6.72. The highest BCUT2D eigenvalue weighted by Crippen LogP contribution is 2.39. The van der Waals surface area contributed by atoms with Gasteiger partial charge >= 0.3 is 0 Å². The molecule has 96 valence electrons. The summed E-state index contributed by atoms with van der Waals surface area (Å²) in [7, 11) is 0. The molecule has 5 heteroatoms. The first kappa shape index (κ1) is 13.2. The van der Waals surface area contributed by atoms with Gasteiger partial charge in [-0.05, 0) is 30.2 Å². The number of nitrogens with zero attached hydrogens (tertiary/aromatic N) is 2. The van der Waals surface area contributed by atoms with Crippen molar-refractivity contribution in [1.29, 1.82) is 5.26 Å². The lowest BCUT2D eigenvalue weighted by atomic mass is 10.1. The predicted octanol–water partition coefficient (Wildman–Crippen LogP) is 3.34. The van der Waals surface area contributed by atoms with Crippen LogP contribution in [-0.2, 0) is 4.79 Å². The Labute approximate surface area is 115 Å². The van der Waals surface area contributed by atoms with Gasteiger partial charge in [-0.2, -0.15) is 5.26 Å². The number of rotatable bonds is 3. The van der Waals surface area contributed by atoms with E-state index in [0.717, 1.165) is 16.0 Å². The van der Waals surface area contributed by atoms with E-state index in [2.05, 4.69) is 16.4 Å². The molecule has 0 radical (unpaired) electrons. The average Bonchev–Trinajstić information content (AvgIpc) is 2.75. The van der Waals surface area contributed by atoms with Gasteiger partial charge in [-0.15, -0.1) is 11.3 Å². The van der Waals surface area contributed by atoms with Crippen molar-refractivity contribution in [1.82, 2.24) is 4.98 Å². The second-order valence-corrected chi connectivity index (χ2v) is 5.03. The third kappa shape index (κ3) is 2.64. The van der Waals surface area contributed by atoms with E-state index in [1.54, 1.807) is 19.3 Å². The Hall–Kier alpha value is -2.19. The number of nitrogens with one attached hydrogen (secondary N) is 1. The molecule has 0 aliphatic heterocycles. The van der Waals surface area contributed by atoms with Gasteiger partial charge in [0.15, 0.2) is 0 Å². The van der Waals surface area contributed by atoms with Gasteiger partial charge in [0.1, 0.15) is 11.1 Å². The van der Waals surface area contributed by atoms with Gasteiger partial charge in [-0.1, -0.05) is 6.92 Å². The van der Waals surface area contributed by atoms with Gasteiger partial charge in [0.2, 0.25) is 5.91 Å². The van der Waals surface area contributed by atoms with Crippen LogP contribution in [0.2, 0.25) is 0 Å². The van der Waals surface area contributed by atoms with E-state index < -0.39 is 0 Å². The van der Waals surface area contributed by atoms with Gasteiger partial charge in [0.25, 0.3) is 0 Å². The molecule has 1 amide bonds. The second kappa shape index (κ2) is 5.63. The summed E-state index contributed by atoms with van der Waals surface area (Å²) >= 11 is 1.43. The monoisotopic (exact) mass is 271 g/mol. The van der Waals surface area contributed by atoms with Crippen LogP contribution in [0.1, 0.15) is 24.5 Å². The van der Waals surface area contributed by atoms with Crippen LogP contribution in [0.15, 0.2) is 24.5 Å². The number of carbonyl (C=O) groups is 1. The fourth-order valence-electron chi connectivity index (χ4n) is 1.73. The van der Waals surface area contributed by atoms with E-state index in [4.69, 9.17) is 0 Å². The molecule has 0 saturated heterocycles. The first-order valence-electron chi connectivity index (χ1n) is 5.91. The molecule has 0 atom stereocenters. The zero-order chi connectivity index (χ0) is 13.8. The molecule has 0 spiro atoms. The minimum atomic E-state index is -0.0842. The maximum atomic E-state index is 11.5. The summed E-state index contributed by atoms with van der Waals surface area (Å²) in [6.07, 6.45) is 3.82. The van der Waals surface area contributed by atoms with Crippen LogP contribution in [-0.4, -0.2) is 10.9 Å². The second-order valence-electron chi connectivity index (χ2n) is 4.01. The average molecular weight is 271 g/mol. The number of hydrogen-bond acceptors (Lipinski definition) is 4. The third-order valence-electron chi connectivity index (χ3n) is 2.78. The highest BCUT2D eigenvalue weighted by Gasteiger charge is 2.17. The molecule has 0 fully saturated rings. The van der Waals surface area contributed by atoms with Crippen LogP contribution in [0, 0.1) is 18.3 Å². The van der Waals surface area contributed by atoms with Crippen LogP contribution in [0.5, 0.6) is 0 Å². The van der Waals surface area contributed by atoms with Gasteiger partial charge in [-0.25, -0.2) is 0 Å². The van der Waals surface area contributed by atoms with Gasteiger partial charge in [0, 0.05) is 23.7 Å². The van der Waals surface area contributed by atoms with Crippen molar-refractivity contribution in [3.05, 3.63) is 35.7 Å². The molecule has 0 saturated carbocycles. The van der Waals surface area contributed by atoms with Crippen molar-refractivity contribution in [2.75, 3.05) is 5.32 Å². The summed E-state index contributed by atoms with van der Waals surface area (Å²) in [6.45, 7) is 3.68. The topological polar surface area (TPSA) is 65.8 Å². The van der Waals surface area contributed by atoms with Crippen LogP contribution in [0.4, 0.5) is 5.00 Å². The quantitative estimate of drug-likeness (QED) is 0.931. The molecule has 0 aliphatic rings. The molecule has 19 heavy (non-hydrogen) atoms. The minimum absolute atomic E-state index is 0.0842. The van der Waals surface area contributed by atoms with E-state index in [0.29, 0.717) is 17.0 Å². The zero-order valence-electron chi connectivity index (χ0n) is 10.7. The third-order valence-corrected chi connectivity index (χ3v) is 4.03. The van der Waals surface area contributed by atoms with Crippen molar-refractivity contribution in [2.24, 2.45) is 0 Å². The summed E-state index contributed by atoms with van der Waals surface area (Å²) in [5, 5.41) is 12.6. The van der Waals surface area contributed by atoms with E-state index in [-0.39, 0.29) is 5.91 Å². The Morgan fingerprint density at radius 3 is 2.74 bits per heavy atom. The lowest BCUT2D eigenvalue weighted by molar-refractivity contribution is -0.115. The first-order chi connectivity index (χ1) is 9.17. The molecule has 0 unspecified atom stereocenters. The Bertz CT molecular complexity index is 641. The van der Waals surface area contributed by atoms with Crippen LogP contribution in [0.3, 0.4) is 0 Å². The van der Waals surface area contributed by atoms with E-state index >= 15 is 0 Å². The predicted molar refractivity (Wildman–Crippen MR) is 75.9 cm³/mol. The molecule has 2 aromatic rings.